The summed E-state index contributed by atoms with van der Waals surface area (Å²) in [5.41, 5.74) is -0.880. The molecule has 13 heavy (non-hydrogen) atoms. The van der Waals surface area contributed by atoms with Crippen molar-refractivity contribution >= 4 is 33.0 Å². The number of aromatic nitrogens is 1. The topological polar surface area (TPSA) is 63.0 Å². The molecule has 0 saturated carbocycles. The second-order valence-corrected chi connectivity index (χ2v) is 3.18. The number of halogens is 2. The Morgan fingerprint density at radius 1 is 1.77 bits per heavy atom. The third kappa shape index (κ3) is 2.68. The lowest BCUT2D eigenvalue weighted by molar-refractivity contribution is 0.224. The molecule has 1 aromatic rings. The van der Waals surface area contributed by atoms with Crippen LogP contribution in [0.4, 0.5) is 4.79 Å². The van der Waals surface area contributed by atoms with Gasteiger partial charge in [-0.25, -0.2) is 9.78 Å². The van der Waals surface area contributed by atoms with E-state index >= 15 is 0 Å². The van der Waals surface area contributed by atoms with Crippen LogP contribution in [-0.4, -0.2) is 10.4 Å². The van der Waals surface area contributed by atoms with Gasteiger partial charge in [0.1, 0.15) is 11.6 Å². The predicted molar refractivity (Wildman–Crippen MR) is 48.5 cm³/mol. The molecular weight excluding hydrogens is 259 g/mol. The molecule has 66 valence electrons. The quantitative estimate of drug-likeness (QED) is 0.728. The van der Waals surface area contributed by atoms with Crippen molar-refractivity contribution in [3.63, 3.8) is 0 Å². The maximum atomic E-state index is 10.3. The van der Waals surface area contributed by atoms with Crippen LogP contribution in [0, 0.1) is 11.3 Å². The van der Waals surface area contributed by atoms with Crippen molar-refractivity contribution in [1.82, 2.24) is 4.98 Å². The number of carbonyl (C=O) groups is 1. The Hall–Kier alpha value is -1.12. The molecule has 0 bridgehead atoms. The Labute approximate surface area is 87.2 Å². The molecule has 0 unspecified atom stereocenters. The second kappa shape index (κ2) is 4.21. The van der Waals surface area contributed by atoms with Crippen LogP contribution in [-0.2, 0) is 0 Å². The van der Waals surface area contributed by atoms with E-state index in [9.17, 15) is 4.79 Å². The Balaban J connectivity index is 3.08. The number of nitrogens with zero attached hydrogens (tertiary/aromatic N) is 2. The van der Waals surface area contributed by atoms with Gasteiger partial charge in [-0.05, 0) is 22.0 Å². The molecule has 0 spiro atoms. The molecule has 0 aliphatic carbocycles. The van der Waals surface area contributed by atoms with E-state index in [-0.39, 0.29) is 11.4 Å². The van der Waals surface area contributed by atoms with E-state index in [4.69, 9.17) is 16.9 Å². The molecule has 0 aliphatic rings. The summed E-state index contributed by atoms with van der Waals surface area (Å²) >= 11 is 8.08. The summed E-state index contributed by atoms with van der Waals surface area (Å²) in [7, 11) is 0. The Morgan fingerprint density at radius 3 is 3.00 bits per heavy atom. The summed E-state index contributed by atoms with van der Waals surface area (Å²) in [6.45, 7) is 0. The van der Waals surface area contributed by atoms with Crippen molar-refractivity contribution in [1.29, 1.82) is 5.26 Å². The molecule has 4 nitrogen and oxygen atoms in total. The zero-order valence-corrected chi connectivity index (χ0v) is 8.46. The first-order valence-corrected chi connectivity index (χ1v) is 4.23. The molecule has 0 aliphatic heterocycles. The Bertz CT molecular complexity index is 389. The van der Waals surface area contributed by atoms with Gasteiger partial charge < -0.3 is 4.74 Å². The molecule has 0 radical (unpaired) electrons. The Morgan fingerprint density at radius 2 is 2.46 bits per heavy atom. The van der Waals surface area contributed by atoms with Gasteiger partial charge in [-0.3, -0.25) is 0 Å². The first-order chi connectivity index (χ1) is 6.13. The Kier molecular flexibility index (Phi) is 3.23. The number of hydrogen-bond donors (Lipinski definition) is 0. The van der Waals surface area contributed by atoms with Gasteiger partial charge in [-0.1, -0.05) is 0 Å². The predicted octanol–water partition coefficient (Wildman–Crippen LogP) is 2.45. The first-order valence-electron chi connectivity index (χ1n) is 3.06. The highest BCUT2D eigenvalue weighted by Gasteiger charge is 2.08. The molecule has 6 heteroatoms. The standard InChI is InChI=1S/C7H2BrClN2O2/c8-5-1-4(2-10)6(11-3-5)13-7(9)12/h1,3H. The van der Waals surface area contributed by atoms with Crippen molar-refractivity contribution in [3.05, 3.63) is 22.3 Å². The lowest BCUT2D eigenvalue weighted by Crippen LogP contribution is -2.00. The molecule has 1 aromatic heterocycles. The maximum Gasteiger partial charge on any atom is 0.410 e. The van der Waals surface area contributed by atoms with Crippen LogP contribution in [0.5, 0.6) is 5.88 Å². The maximum absolute atomic E-state index is 10.3. The van der Waals surface area contributed by atoms with Gasteiger partial charge in [0.05, 0.1) is 0 Å². The number of carbonyl (C=O) groups excluding carboxylic acids is 1. The van der Waals surface area contributed by atoms with Crippen molar-refractivity contribution in [2.75, 3.05) is 0 Å². The number of hydrogen-bond acceptors (Lipinski definition) is 4. The third-order valence-electron chi connectivity index (χ3n) is 1.12. The minimum Gasteiger partial charge on any atom is -0.394 e. The number of ether oxygens (including phenoxy) is 1. The minimum absolute atomic E-state index is 0.0919. The monoisotopic (exact) mass is 260 g/mol. The van der Waals surface area contributed by atoms with Gasteiger partial charge in [0, 0.05) is 22.3 Å². The fourth-order valence-electron chi connectivity index (χ4n) is 0.664. The van der Waals surface area contributed by atoms with Crippen molar-refractivity contribution in [2.24, 2.45) is 0 Å². The van der Waals surface area contributed by atoms with E-state index in [1.165, 1.54) is 12.3 Å². The molecule has 0 fully saturated rings. The fourth-order valence-corrected chi connectivity index (χ4v) is 1.07. The molecule has 0 aromatic carbocycles. The molecule has 0 saturated heterocycles. The summed E-state index contributed by atoms with van der Waals surface area (Å²) in [4.78, 5) is 14.0. The summed E-state index contributed by atoms with van der Waals surface area (Å²) in [5.74, 6) is -0.0919. The summed E-state index contributed by atoms with van der Waals surface area (Å²) in [6.07, 6.45) is 1.40. The fraction of sp³-hybridized carbons (Fsp3) is 0. The number of nitriles is 1. The van der Waals surface area contributed by atoms with Gasteiger partial charge in [0.15, 0.2) is 0 Å². The lowest BCUT2D eigenvalue weighted by Gasteiger charge is -2.00. The van der Waals surface area contributed by atoms with Crippen LogP contribution < -0.4 is 4.74 Å². The average molecular weight is 261 g/mol. The van der Waals surface area contributed by atoms with Gasteiger partial charge in [-0.2, -0.15) is 5.26 Å². The van der Waals surface area contributed by atoms with Crippen molar-refractivity contribution in [2.45, 2.75) is 0 Å². The van der Waals surface area contributed by atoms with Crippen molar-refractivity contribution < 1.29 is 9.53 Å². The van der Waals surface area contributed by atoms with E-state index in [1.54, 1.807) is 0 Å². The highest BCUT2D eigenvalue weighted by molar-refractivity contribution is 9.10. The van der Waals surface area contributed by atoms with Gasteiger partial charge >= 0.3 is 5.43 Å². The highest BCUT2D eigenvalue weighted by Crippen LogP contribution is 2.19. The molecule has 0 amide bonds. The number of pyridine rings is 1. The molecular formula is C7H2BrClN2O2. The van der Waals surface area contributed by atoms with Gasteiger partial charge in [0.2, 0.25) is 5.88 Å². The van der Waals surface area contributed by atoms with Crippen LogP contribution in [0.15, 0.2) is 16.7 Å². The first kappa shape index (κ1) is 9.96. The van der Waals surface area contributed by atoms with E-state index in [2.05, 4.69) is 25.7 Å². The molecule has 1 heterocycles. The molecule has 0 N–H and O–H groups in total. The van der Waals surface area contributed by atoms with Crippen LogP contribution in [0.2, 0.25) is 0 Å². The van der Waals surface area contributed by atoms with E-state index < -0.39 is 5.43 Å². The largest absolute Gasteiger partial charge is 0.410 e. The molecule has 1 rings (SSSR count). The summed E-state index contributed by atoms with van der Waals surface area (Å²) in [6, 6.07) is 3.29. The summed E-state index contributed by atoms with van der Waals surface area (Å²) < 4.78 is 5.09. The van der Waals surface area contributed by atoms with Crippen molar-refractivity contribution in [3.8, 4) is 11.9 Å². The lowest BCUT2D eigenvalue weighted by atomic mass is 10.3. The third-order valence-corrected chi connectivity index (χ3v) is 1.63. The van der Waals surface area contributed by atoms with Gasteiger partial charge in [-0.15, -0.1) is 0 Å². The summed E-state index contributed by atoms with van der Waals surface area (Å²) in [5, 5.41) is 8.61. The van der Waals surface area contributed by atoms with Gasteiger partial charge in [0.25, 0.3) is 0 Å². The highest BCUT2D eigenvalue weighted by atomic mass is 79.9. The van der Waals surface area contributed by atoms with E-state index in [0.717, 1.165) is 0 Å². The second-order valence-electron chi connectivity index (χ2n) is 1.96. The van der Waals surface area contributed by atoms with E-state index in [1.807, 2.05) is 6.07 Å². The smallest absolute Gasteiger partial charge is 0.394 e. The minimum atomic E-state index is -1.02. The van der Waals surface area contributed by atoms with Crippen LogP contribution in [0.3, 0.4) is 0 Å². The molecule has 0 atom stereocenters. The zero-order chi connectivity index (χ0) is 9.84. The number of rotatable bonds is 1. The average Bonchev–Trinajstić information content (AvgIpc) is 2.07. The van der Waals surface area contributed by atoms with Crippen LogP contribution in [0.25, 0.3) is 0 Å². The van der Waals surface area contributed by atoms with Crippen LogP contribution >= 0.6 is 27.5 Å². The zero-order valence-electron chi connectivity index (χ0n) is 6.12. The van der Waals surface area contributed by atoms with E-state index in [0.29, 0.717) is 4.47 Å². The normalized spacial score (nSPS) is 9.00. The van der Waals surface area contributed by atoms with Crippen LogP contribution in [0.1, 0.15) is 5.56 Å². The SMILES string of the molecule is N#Cc1cc(Br)cnc1OC(=O)Cl.